The fourth-order valence-electron chi connectivity index (χ4n) is 5.52. The smallest absolute Gasteiger partial charge is 0.329 e. The Kier molecular flexibility index (Phi) is 5.97. The molecular weight excluding hydrogens is 410 g/mol. The van der Waals surface area contributed by atoms with E-state index in [0.717, 1.165) is 23.3 Å². The maximum absolute atomic E-state index is 13.4. The van der Waals surface area contributed by atoms with E-state index in [9.17, 15) is 24.3 Å². The van der Waals surface area contributed by atoms with Gasteiger partial charge in [0.15, 0.2) is 0 Å². The van der Waals surface area contributed by atoms with E-state index in [2.05, 4.69) is 19.2 Å². The number of nitrogens with one attached hydrogen (secondary N) is 1. The molecule has 0 bridgehead atoms. The Morgan fingerprint density at radius 3 is 2.38 bits per heavy atom. The van der Waals surface area contributed by atoms with Gasteiger partial charge in [-0.25, -0.2) is 9.69 Å². The molecule has 2 atom stereocenters. The molecule has 2 aliphatic heterocycles. The van der Waals surface area contributed by atoms with Gasteiger partial charge in [0.25, 0.3) is 5.91 Å². The van der Waals surface area contributed by atoms with Crippen LogP contribution in [-0.2, 0) is 14.4 Å². The lowest BCUT2D eigenvalue weighted by atomic mass is 9.79. The van der Waals surface area contributed by atoms with Gasteiger partial charge in [-0.1, -0.05) is 38.8 Å². The molecule has 3 aliphatic rings. The maximum Gasteiger partial charge on any atom is 0.329 e. The highest BCUT2D eigenvalue weighted by Gasteiger charge is 2.51. The predicted molar refractivity (Wildman–Crippen MR) is 118 cm³/mol. The minimum atomic E-state index is -0.893. The molecule has 2 heterocycles. The second kappa shape index (κ2) is 8.56. The molecule has 0 radical (unpaired) electrons. The number of carboxylic acid groups (broad SMARTS) is 1. The third-order valence-corrected chi connectivity index (χ3v) is 7.24. The van der Waals surface area contributed by atoms with Crippen molar-refractivity contribution in [2.45, 2.75) is 76.8 Å². The monoisotopic (exact) mass is 441 g/mol. The van der Waals surface area contributed by atoms with Gasteiger partial charge in [-0.15, -0.1) is 0 Å². The number of fused-ring (bicyclic) bond motifs is 1. The zero-order valence-electron chi connectivity index (χ0n) is 18.7. The highest BCUT2D eigenvalue weighted by atomic mass is 16.4. The Bertz CT molecular complexity index is 920. The van der Waals surface area contributed by atoms with Crippen LogP contribution in [0.3, 0.4) is 0 Å². The number of hydrogen-bond donors (Lipinski definition) is 2. The average molecular weight is 442 g/mol. The van der Waals surface area contributed by atoms with Crippen LogP contribution in [0.4, 0.5) is 10.5 Å². The first-order chi connectivity index (χ1) is 15.2. The van der Waals surface area contributed by atoms with E-state index in [1.54, 1.807) is 17.0 Å². The van der Waals surface area contributed by atoms with Crippen LogP contribution in [0.1, 0.15) is 70.3 Å². The normalized spacial score (nSPS) is 24.6. The van der Waals surface area contributed by atoms with Gasteiger partial charge >= 0.3 is 12.0 Å². The summed E-state index contributed by atoms with van der Waals surface area (Å²) in [6.45, 7) is 4.52. The summed E-state index contributed by atoms with van der Waals surface area (Å²) in [7, 11) is 0. The lowest BCUT2D eigenvalue weighted by Crippen LogP contribution is -2.65. The number of imide groups is 1. The molecule has 0 spiro atoms. The van der Waals surface area contributed by atoms with Crippen molar-refractivity contribution in [1.82, 2.24) is 10.2 Å². The number of urea groups is 1. The van der Waals surface area contributed by atoms with Crippen LogP contribution in [0.5, 0.6) is 0 Å². The quantitative estimate of drug-likeness (QED) is 0.705. The molecule has 0 unspecified atom stereocenters. The summed E-state index contributed by atoms with van der Waals surface area (Å²) in [4.78, 5) is 53.5. The summed E-state index contributed by atoms with van der Waals surface area (Å²) in [6.07, 6.45) is 3.88. The van der Waals surface area contributed by atoms with Gasteiger partial charge in [0.2, 0.25) is 5.91 Å². The SMILES string of the molecule is CC(C)c1ccc(N2C(=O)N[C@@H]3CCN(C(=O)CC4(CC(=O)O)CCCC4)[C@@H]3C2=O)cc1. The molecule has 1 saturated carbocycles. The van der Waals surface area contributed by atoms with E-state index in [0.29, 0.717) is 37.4 Å². The van der Waals surface area contributed by atoms with Crippen molar-refractivity contribution in [3.8, 4) is 0 Å². The van der Waals surface area contributed by atoms with Crippen LogP contribution in [0.15, 0.2) is 24.3 Å². The Morgan fingerprint density at radius 2 is 1.78 bits per heavy atom. The molecular formula is C24H31N3O5. The van der Waals surface area contributed by atoms with Crippen molar-refractivity contribution in [1.29, 1.82) is 0 Å². The van der Waals surface area contributed by atoms with Crippen molar-refractivity contribution in [3.05, 3.63) is 29.8 Å². The van der Waals surface area contributed by atoms with E-state index < -0.39 is 35.4 Å². The summed E-state index contributed by atoms with van der Waals surface area (Å²) in [5.41, 5.74) is 1.05. The van der Waals surface area contributed by atoms with Gasteiger partial charge < -0.3 is 15.3 Å². The fourth-order valence-corrected chi connectivity index (χ4v) is 5.52. The van der Waals surface area contributed by atoms with Crippen LogP contribution < -0.4 is 10.2 Å². The minimum absolute atomic E-state index is 0.0281. The summed E-state index contributed by atoms with van der Waals surface area (Å²) in [5, 5.41) is 12.3. The van der Waals surface area contributed by atoms with Crippen LogP contribution in [-0.4, -0.2) is 52.4 Å². The van der Waals surface area contributed by atoms with Gasteiger partial charge in [0.1, 0.15) is 6.04 Å². The van der Waals surface area contributed by atoms with E-state index in [4.69, 9.17) is 0 Å². The van der Waals surface area contributed by atoms with Gasteiger partial charge in [-0.05, 0) is 48.3 Å². The number of rotatable bonds is 6. The van der Waals surface area contributed by atoms with Crippen molar-refractivity contribution in [2.24, 2.45) is 5.41 Å². The number of anilines is 1. The standard InChI is InChI=1S/C24H31N3O5/c1-15(2)16-5-7-17(8-6-16)27-22(31)21-18(25-23(27)32)9-12-26(21)19(28)13-24(14-20(29)30)10-3-4-11-24/h5-8,15,18,21H,3-4,9-14H2,1-2H3,(H,25,32)(H,29,30)/t18-,21+/m1/s1. The predicted octanol–water partition coefficient (Wildman–Crippen LogP) is 3.26. The number of likely N-dealkylation sites (tertiary alicyclic amines) is 1. The molecule has 1 aliphatic carbocycles. The molecule has 32 heavy (non-hydrogen) atoms. The number of aliphatic carboxylic acids is 1. The first-order valence-electron chi connectivity index (χ1n) is 11.5. The first kappa shape index (κ1) is 22.3. The molecule has 4 rings (SSSR count). The van der Waals surface area contributed by atoms with E-state index in [1.165, 1.54) is 0 Å². The molecule has 3 fully saturated rings. The minimum Gasteiger partial charge on any atom is -0.481 e. The number of carbonyl (C=O) groups is 4. The van der Waals surface area contributed by atoms with Crippen molar-refractivity contribution in [3.63, 3.8) is 0 Å². The number of benzene rings is 1. The molecule has 1 aromatic rings. The van der Waals surface area contributed by atoms with Crippen LogP contribution >= 0.6 is 0 Å². The largest absolute Gasteiger partial charge is 0.481 e. The highest BCUT2D eigenvalue weighted by Crippen LogP contribution is 2.45. The van der Waals surface area contributed by atoms with Crippen molar-refractivity contribution < 1.29 is 24.3 Å². The molecule has 2 N–H and O–H groups in total. The Hall–Kier alpha value is -2.90. The van der Waals surface area contributed by atoms with E-state index in [-0.39, 0.29) is 18.7 Å². The molecule has 1 aromatic carbocycles. The van der Waals surface area contributed by atoms with E-state index >= 15 is 0 Å². The number of amides is 4. The summed E-state index contributed by atoms with van der Waals surface area (Å²) in [5.74, 6) is -1.16. The van der Waals surface area contributed by atoms with Crippen LogP contribution in [0.2, 0.25) is 0 Å². The number of hydrogen-bond acceptors (Lipinski definition) is 4. The van der Waals surface area contributed by atoms with E-state index in [1.807, 2.05) is 12.1 Å². The highest BCUT2D eigenvalue weighted by molar-refractivity contribution is 6.19. The van der Waals surface area contributed by atoms with Gasteiger partial charge in [-0.3, -0.25) is 14.4 Å². The topological polar surface area (TPSA) is 107 Å². The summed E-state index contributed by atoms with van der Waals surface area (Å²) in [6, 6.07) is 5.68. The number of carbonyl (C=O) groups excluding carboxylic acids is 3. The second-order valence-corrected chi connectivity index (χ2v) is 9.75. The third-order valence-electron chi connectivity index (χ3n) is 7.24. The van der Waals surface area contributed by atoms with Gasteiger partial charge in [0, 0.05) is 13.0 Å². The molecule has 4 amide bonds. The Morgan fingerprint density at radius 1 is 1.12 bits per heavy atom. The van der Waals surface area contributed by atoms with Crippen LogP contribution in [0, 0.1) is 5.41 Å². The molecule has 172 valence electrons. The van der Waals surface area contributed by atoms with Crippen LogP contribution in [0.25, 0.3) is 0 Å². The molecule has 8 heteroatoms. The van der Waals surface area contributed by atoms with Gasteiger partial charge in [0.05, 0.1) is 18.2 Å². The average Bonchev–Trinajstić information content (AvgIpc) is 3.35. The number of nitrogens with zero attached hydrogens (tertiary/aromatic N) is 2. The fraction of sp³-hybridized carbons (Fsp3) is 0.583. The van der Waals surface area contributed by atoms with Crippen molar-refractivity contribution >= 4 is 29.5 Å². The summed E-state index contributed by atoms with van der Waals surface area (Å²) < 4.78 is 0. The Labute approximate surface area is 187 Å². The zero-order valence-corrected chi connectivity index (χ0v) is 18.7. The zero-order chi connectivity index (χ0) is 23.0. The second-order valence-electron chi connectivity index (χ2n) is 9.75. The molecule has 2 saturated heterocycles. The first-order valence-corrected chi connectivity index (χ1v) is 11.5. The lowest BCUT2D eigenvalue weighted by molar-refractivity contribution is -0.143. The number of carboxylic acids is 1. The molecule has 8 nitrogen and oxygen atoms in total. The third kappa shape index (κ3) is 4.10. The van der Waals surface area contributed by atoms with Gasteiger partial charge in [-0.2, -0.15) is 0 Å². The lowest BCUT2D eigenvalue weighted by Gasteiger charge is -2.38. The molecule has 0 aromatic heterocycles. The summed E-state index contributed by atoms with van der Waals surface area (Å²) >= 11 is 0. The Balaban J connectivity index is 1.54. The maximum atomic E-state index is 13.4. The van der Waals surface area contributed by atoms with Crippen molar-refractivity contribution in [2.75, 3.05) is 11.4 Å².